The quantitative estimate of drug-likeness (QED) is 0.531. The summed E-state index contributed by atoms with van der Waals surface area (Å²) < 4.78 is 0. The largest absolute Gasteiger partial charge is 0.477 e. The van der Waals surface area contributed by atoms with Crippen molar-refractivity contribution in [3.63, 3.8) is 0 Å². The first-order valence-electron chi connectivity index (χ1n) is 5.72. The van der Waals surface area contributed by atoms with Gasteiger partial charge in [-0.15, -0.1) is 0 Å². The first-order valence-corrected chi connectivity index (χ1v) is 6.10. The number of benzene rings is 2. The highest BCUT2D eigenvalue weighted by Crippen LogP contribution is 2.22. The van der Waals surface area contributed by atoms with Gasteiger partial charge in [0.15, 0.2) is 5.78 Å². The molecule has 0 bridgehead atoms. The minimum absolute atomic E-state index is 0.0559. The van der Waals surface area contributed by atoms with E-state index >= 15 is 0 Å². The van der Waals surface area contributed by atoms with Gasteiger partial charge in [-0.2, -0.15) is 0 Å². The van der Waals surface area contributed by atoms with Gasteiger partial charge < -0.3 is 5.11 Å². The molecule has 0 heterocycles. The van der Waals surface area contributed by atoms with Crippen LogP contribution in [0, 0.1) is 10.1 Å². The zero-order valence-corrected chi connectivity index (χ0v) is 11.2. The van der Waals surface area contributed by atoms with Gasteiger partial charge in [0.2, 0.25) is 0 Å². The Morgan fingerprint density at radius 1 is 1.05 bits per heavy atom. The van der Waals surface area contributed by atoms with Crippen LogP contribution in [0.2, 0.25) is 5.02 Å². The highest BCUT2D eigenvalue weighted by Gasteiger charge is 2.22. The van der Waals surface area contributed by atoms with Crippen molar-refractivity contribution in [3.8, 4) is 0 Å². The summed E-state index contributed by atoms with van der Waals surface area (Å²) in [5.41, 5.74) is -0.722. The van der Waals surface area contributed by atoms with Crippen LogP contribution in [0.3, 0.4) is 0 Å². The third-order valence-corrected chi connectivity index (χ3v) is 3.04. The van der Waals surface area contributed by atoms with Crippen LogP contribution < -0.4 is 0 Å². The van der Waals surface area contributed by atoms with E-state index in [9.17, 15) is 19.7 Å². The van der Waals surface area contributed by atoms with E-state index in [-0.39, 0.29) is 5.56 Å². The highest BCUT2D eigenvalue weighted by molar-refractivity contribution is 6.30. The SMILES string of the molecule is O=C(c1ccc(Cl)cc1)c1ccc([N+](=O)[O-])c(C(=O)O)c1. The number of nitro benzene ring substituents is 1. The van der Waals surface area contributed by atoms with E-state index in [2.05, 4.69) is 0 Å². The number of nitrogens with zero attached hydrogens (tertiary/aromatic N) is 1. The Labute approximate surface area is 123 Å². The Morgan fingerprint density at radius 3 is 2.14 bits per heavy atom. The molecule has 0 saturated carbocycles. The first kappa shape index (κ1) is 14.7. The van der Waals surface area contributed by atoms with Gasteiger partial charge in [0.25, 0.3) is 5.69 Å². The lowest BCUT2D eigenvalue weighted by Crippen LogP contribution is -2.07. The maximum Gasteiger partial charge on any atom is 0.342 e. The fourth-order valence-corrected chi connectivity index (χ4v) is 1.90. The van der Waals surface area contributed by atoms with Crippen LogP contribution in [-0.4, -0.2) is 21.8 Å². The lowest BCUT2D eigenvalue weighted by molar-refractivity contribution is -0.385. The van der Waals surface area contributed by atoms with Gasteiger partial charge >= 0.3 is 5.97 Å². The van der Waals surface area contributed by atoms with Crippen molar-refractivity contribution < 1.29 is 19.6 Å². The van der Waals surface area contributed by atoms with Gasteiger partial charge in [-0.1, -0.05) is 11.6 Å². The molecule has 2 aromatic carbocycles. The molecule has 6 nitrogen and oxygen atoms in total. The number of hydrogen-bond acceptors (Lipinski definition) is 4. The summed E-state index contributed by atoms with van der Waals surface area (Å²) in [6.45, 7) is 0. The molecule has 2 aromatic rings. The average molecular weight is 306 g/mol. The summed E-state index contributed by atoms with van der Waals surface area (Å²) in [5.74, 6) is -1.91. The molecule has 0 atom stereocenters. The fourth-order valence-electron chi connectivity index (χ4n) is 1.78. The van der Waals surface area contributed by atoms with Gasteiger partial charge in [-0.05, 0) is 36.4 Å². The number of rotatable bonds is 4. The standard InChI is InChI=1S/C14H8ClNO5/c15-10-4-1-8(2-5-10)13(17)9-3-6-12(16(20)21)11(7-9)14(18)19/h1-7H,(H,18,19). The van der Waals surface area contributed by atoms with Gasteiger partial charge in [0, 0.05) is 22.2 Å². The maximum absolute atomic E-state index is 12.2. The van der Waals surface area contributed by atoms with Crippen LogP contribution in [0.15, 0.2) is 42.5 Å². The van der Waals surface area contributed by atoms with Gasteiger partial charge in [0.05, 0.1) is 4.92 Å². The molecule has 0 aliphatic carbocycles. The summed E-state index contributed by atoms with van der Waals surface area (Å²) in [5, 5.41) is 20.2. The Balaban J connectivity index is 2.47. The number of carboxylic acid groups (broad SMARTS) is 1. The van der Waals surface area contributed by atoms with Crippen LogP contribution in [0.1, 0.15) is 26.3 Å². The summed E-state index contributed by atoms with van der Waals surface area (Å²) in [7, 11) is 0. The second-order valence-corrected chi connectivity index (χ2v) is 4.57. The van der Waals surface area contributed by atoms with Crippen molar-refractivity contribution in [2.75, 3.05) is 0 Å². The summed E-state index contributed by atoms with van der Waals surface area (Å²) in [4.78, 5) is 33.2. The molecule has 0 amide bonds. The van der Waals surface area contributed by atoms with Crippen molar-refractivity contribution in [3.05, 3.63) is 74.3 Å². The predicted molar refractivity (Wildman–Crippen MR) is 74.9 cm³/mol. The minimum atomic E-state index is -1.47. The van der Waals surface area contributed by atoms with Crippen LogP contribution in [0.5, 0.6) is 0 Å². The van der Waals surface area contributed by atoms with Crippen LogP contribution in [0.4, 0.5) is 5.69 Å². The lowest BCUT2D eigenvalue weighted by Gasteiger charge is -2.04. The van der Waals surface area contributed by atoms with E-state index in [1.165, 1.54) is 30.3 Å². The Bertz CT molecular complexity index is 740. The van der Waals surface area contributed by atoms with Gasteiger partial charge in [0.1, 0.15) is 5.56 Å². The molecule has 1 N–H and O–H groups in total. The number of aromatic carboxylic acids is 1. The van der Waals surface area contributed by atoms with E-state index in [0.717, 1.165) is 12.1 Å². The molecule has 0 aromatic heterocycles. The number of carbonyl (C=O) groups is 2. The van der Waals surface area contributed by atoms with E-state index < -0.39 is 27.9 Å². The lowest BCUT2D eigenvalue weighted by atomic mass is 10.0. The van der Waals surface area contributed by atoms with Crippen molar-refractivity contribution in [1.29, 1.82) is 0 Å². The topological polar surface area (TPSA) is 97.5 Å². The Morgan fingerprint density at radius 2 is 1.62 bits per heavy atom. The third kappa shape index (κ3) is 3.06. The zero-order chi connectivity index (χ0) is 15.6. The molecule has 0 fully saturated rings. The second-order valence-electron chi connectivity index (χ2n) is 4.13. The summed E-state index contributed by atoms with van der Waals surface area (Å²) in [6, 6.07) is 9.27. The van der Waals surface area contributed by atoms with Crippen LogP contribution in [0.25, 0.3) is 0 Å². The van der Waals surface area contributed by atoms with Crippen LogP contribution >= 0.6 is 11.6 Å². The number of ketones is 1. The molecule has 21 heavy (non-hydrogen) atoms. The molecule has 2 rings (SSSR count). The monoisotopic (exact) mass is 305 g/mol. The summed E-state index contributed by atoms with van der Waals surface area (Å²) >= 11 is 5.72. The average Bonchev–Trinajstić information content (AvgIpc) is 2.46. The molecule has 0 saturated heterocycles. The zero-order valence-electron chi connectivity index (χ0n) is 10.4. The van der Waals surface area contributed by atoms with Crippen molar-refractivity contribution in [2.24, 2.45) is 0 Å². The maximum atomic E-state index is 12.2. The van der Waals surface area contributed by atoms with E-state index in [4.69, 9.17) is 16.7 Å². The number of halogens is 1. The smallest absolute Gasteiger partial charge is 0.342 e. The van der Waals surface area contributed by atoms with Gasteiger partial charge in [-0.3, -0.25) is 14.9 Å². The van der Waals surface area contributed by atoms with Crippen molar-refractivity contribution in [1.82, 2.24) is 0 Å². The Kier molecular flexibility index (Phi) is 4.00. The Hall–Kier alpha value is -2.73. The normalized spacial score (nSPS) is 10.1. The molecular weight excluding hydrogens is 298 g/mol. The highest BCUT2D eigenvalue weighted by atomic mass is 35.5. The minimum Gasteiger partial charge on any atom is -0.477 e. The van der Waals surface area contributed by atoms with Crippen molar-refractivity contribution >= 4 is 29.0 Å². The van der Waals surface area contributed by atoms with Crippen molar-refractivity contribution in [2.45, 2.75) is 0 Å². The van der Waals surface area contributed by atoms with Crippen LogP contribution in [-0.2, 0) is 0 Å². The molecule has 7 heteroatoms. The molecule has 0 spiro atoms. The van der Waals surface area contributed by atoms with E-state index in [0.29, 0.717) is 10.6 Å². The third-order valence-electron chi connectivity index (χ3n) is 2.79. The molecular formula is C14H8ClNO5. The van der Waals surface area contributed by atoms with E-state index in [1.807, 2.05) is 0 Å². The number of carboxylic acids is 1. The predicted octanol–water partition coefficient (Wildman–Crippen LogP) is 3.18. The number of hydrogen-bond donors (Lipinski definition) is 1. The number of carbonyl (C=O) groups excluding carboxylic acids is 1. The summed E-state index contributed by atoms with van der Waals surface area (Å²) in [6.07, 6.45) is 0. The van der Waals surface area contributed by atoms with E-state index in [1.54, 1.807) is 0 Å². The molecule has 106 valence electrons. The molecule has 0 unspecified atom stereocenters. The number of nitro groups is 1. The fraction of sp³-hybridized carbons (Fsp3) is 0. The molecule has 0 aliphatic rings. The second kappa shape index (κ2) is 5.72. The molecule has 0 aliphatic heterocycles. The first-order chi connectivity index (χ1) is 9.90. The van der Waals surface area contributed by atoms with Gasteiger partial charge in [-0.25, -0.2) is 4.79 Å². The molecule has 0 radical (unpaired) electrons.